The Labute approximate surface area is 113 Å². The van der Waals surface area contributed by atoms with Gasteiger partial charge in [0.05, 0.1) is 0 Å². The number of fused-ring (bicyclic) bond motifs is 1. The van der Waals surface area contributed by atoms with Gasteiger partial charge in [0.1, 0.15) is 13.9 Å². The third-order valence-electron chi connectivity index (χ3n) is 3.38. The van der Waals surface area contributed by atoms with Gasteiger partial charge in [-0.1, -0.05) is 13.1 Å². The highest BCUT2D eigenvalue weighted by atomic mass is 35.5. The molecule has 2 nitrogen and oxygen atoms in total. The topological polar surface area (TPSA) is 20.3 Å². The monoisotopic (exact) mass is 285 g/mol. The Morgan fingerprint density at radius 1 is 1.44 bits per heavy atom. The number of rotatable bonds is 3. The summed E-state index contributed by atoms with van der Waals surface area (Å²) in [4.78, 5) is 14.2. The van der Waals surface area contributed by atoms with Crippen LogP contribution in [-0.2, 0) is 0 Å². The zero-order chi connectivity index (χ0) is 13.3. The van der Waals surface area contributed by atoms with Gasteiger partial charge in [0, 0.05) is 24.2 Å². The molecule has 0 N–H and O–H groups in total. The van der Waals surface area contributed by atoms with Crippen molar-refractivity contribution in [2.75, 3.05) is 18.6 Å². The number of amides is 1. The molecule has 1 aromatic rings. The largest absolute Gasteiger partial charge is 0.341 e. The van der Waals surface area contributed by atoms with E-state index < -0.39 is 8.07 Å². The Morgan fingerprint density at radius 2 is 2.17 bits per heavy atom. The number of halogens is 2. The normalized spacial score (nSPS) is 17.8. The molecule has 98 valence electrons. The summed E-state index contributed by atoms with van der Waals surface area (Å²) in [7, 11) is -1.78. The first-order valence-corrected chi connectivity index (χ1v) is 9.85. The molecule has 1 heterocycles. The van der Waals surface area contributed by atoms with Crippen LogP contribution in [0.4, 0.5) is 4.39 Å². The van der Waals surface area contributed by atoms with Crippen molar-refractivity contribution in [1.82, 2.24) is 4.90 Å². The molecule has 1 aromatic carbocycles. The quantitative estimate of drug-likeness (QED) is 0.617. The highest BCUT2D eigenvalue weighted by molar-refractivity contribution is 6.91. The summed E-state index contributed by atoms with van der Waals surface area (Å²) in [5, 5.41) is 0.939. The molecular formula is C13H17ClFNOSi. The predicted octanol–water partition coefficient (Wildman–Crippen LogP) is 2.37. The zero-order valence-electron chi connectivity index (χ0n) is 10.7. The third kappa shape index (κ3) is 2.45. The number of hydrogen-bond acceptors (Lipinski definition) is 1. The minimum Gasteiger partial charge on any atom is -0.341 e. The van der Waals surface area contributed by atoms with Crippen LogP contribution in [-0.4, -0.2) is 37.5 Å². The number of hydrogen-bond donors (Lipinski definition) is 0. The molecule has 0 spiro atoms. The Balaban J connectivity index is 2.38. The molecule has 1 amide bonds. The molecule has 1 aliphatic heterocycles. The van der Waals surface area contributed by atoms with E-state index in [4.69, 9.17) is 11.6 Å². The van der Waals surface area contributed by atoms with Gasteiger partial charge in [-0.3, -0.25) is 4.79 Å². The van der Waals surface area contributed by atoms with Crippen molar-refractivity contribution < 1.29 is 9.18 Å². The van der Waals surface area contributed by atoms with Gasteiger partial charge in [0.15, 0.2) is 0 Å². The fraction of sp³-hybridized carbons (Fsp3) is 0.462. The van der Waals surface area contributed by atoms with E-state index in [1.54, 1.807) is 12.1 Å². The van der Waals surface area contributed by atoms with E-state index >= 15 is 0 Å². The lowest BCUT2D eigenvalue weighted by Gasteiger charge is -2.38. The smallest absolute Gasteiger partial charge is 0.253 e. The average Bonchev–Trinajstić information content (AvgIpc) is 2.32. The zero-order valence-corrected chi connectivity index (χ0v) is 12.4. The fourth-order valence-electron chi connectivity index (χ4n) is 2.50. The van der Waals surface area contributed by atoms with Crippen molar-refractivity contribution >= 4 is 30.8 Å². The number of alkyl halides is 1. The molecule has 18 heavy (non-hydrogen) atoms. The lowest BCUT2D eigenvalue weighted by molar-refractivity contribution is 0.0777. The molecule has 0 saturated carbocycles. The van der Waals surface area contributed by atoms with Crippen LogP contribution < -0.4 is 5.19 Å². The molecule has 0 radical (unpaired) electrons. The van der Waals surface area contributed by atoms with Crippen molar-refractivity contribution in [2.24, 2.45) is 0 Å². The predicted molar refractivity (Wildman–Crippen MR) is 74.8 cm³/mol. The minimum atomic E-state index is -1.78. The van der Waals surface area contributed by atoms with Gasteiger partial charge in [-0.15, -0.1) is 11.6 Å². The molecule has 1 aliphatic rings. The van der Waals surface area contributed by atoms with Crippen LogP contribution >= 0.6 is 11.6 Å². The van der Waals surface area contributed by atoms with E-state index in [1.165, 1.54) is 6.07 Å². The van der Waals surface area contributed by atoms with E-state index in [0.29, 0.717) is 18.0 Å². The number of nitrogens with zero attached hydrogens (tertiary/aromatic N) is 1. The average molecular weight is 286 g/mol. The van der Waals surface area contributed by atoms with Crippen LogP contribution in [0, 0.1) is 5.82 Å². The van der Waals surface area contributed by atoms with Crippen LogP contribution in [0.1, 0.15) is 16.8 Å². The molecule has 0 atom stereocenters. The molecule has 0 aliphatic carbocycles. The van der Waals surface area contributed by atoms with Gasteiger partial charge in [0.2, 0.25) is 0 Å². The van der Waals surface area contributed by atoms with E-state index in [1.807, 2.05) is 4.90 Å². The summed E-state index contributed by atoms with van der Waals surface area (Å²) in [6.45, 7) is 5.03. The van der Waals surface area contributed by atoms with E-state index in [2.05, 4.69) is 13.1 Å². The Hall–Kier alpha value is -0.873. The molecule has 0 bridgehead atoms. The Morgan fingerprint density at radius 3 is 2.83 bits per heavy atom. The summed E-state index contributed by atoms with van der Waals surface area (Å²) in [6, 6.07) is 4.53. The second kappa shape index (κ2) is 5.01. The van der Waals surface area contributed by atoms with Gasteiger partial charge in [-0.05, 0) is 29.8 Å². The fourth-order valence-corrected chi connectivity index (χ4v) is 5.49. The highest BCUT2D eigenvalue weighted by Crippen LogP contribution is 2.19. The first-order valence-electron chi connectivity index (χ1n) is 6.11. The maximum absolute atomic E-state index is 13.3. The molecule has 0 saturated heterocycles. The summed E-state index contributed by atoms with van der Waals surface area (Å²) >= 11 is 5.68. The van der Waals surface area contributed by atoms with Crippen LogP contribution in [0.3, 0.4) is 0 Å². The molecule has 0 aromatic heterocycles. The molecule has 5 heteroatoms. The lowest BCUT2D eigenvalue weighted by Crippen LogP contribution is -2.60. The van der Waals surface area contributed by atoms with Crippen molar-refractivity contribution in [2.45, 2.75) is 19.5 Å². The van der Waals surface area contributed by atoms with Gasteiger partial charge in [-0.25, -0.2) is 4.39 Å². The molecule has 0 fully saturated rings. The van der Waals surface area contributed by atoms with Gasteiger partial charge in [0.25, 0.3) is 5.91 Å². The Bertz CT molecular complexity index is 478. The second-order valence-electron chi connectivity index (χ2n) is 5.34. The maximum atomic E-state index is 13.3. The highest BCUT2D eigenvalue weighted by Gasteiger charge is 2.37. The first kappa shape index (κ1) is 13.6. The second-order valence-corrected chi connectivity index (χ2v) is 10.3. The molecule has 2 rings (SSSR count). The maximum Gasteiger partial charge on any atom is 0.253 e. The first-order chi connectivity index (χ1) is 8.45. The number of carbonyl (C=O) groups is 1. The standard InChI is InChI=1S/C13H17ClFNOSi/c1-18(2)9-16(7-3-6-14)13(17)11-5-4-10(15)8-12(11)18/h4-5,8H,3,6-7,9H2,1-2H3. The van der Waals surface area contributed by atoms with Crippen molar-refractivity contribution in [3.63, 3.8) is 0 Å². The number of benzene rings is 1. The van der Waals surface area contributed by atoms with Crippen molar-refractivity contribution in [3.8, 4) is 0 Å². The van der Waals surface area contributed by atoms with Gasteiger partial charge < -0.3 is 4.90 Å². The molecule has 0 unspecified atom stereocenters. The number of carbonyl (C=O) groups excluding carboxylic acids is 1. The van der Waals surface area contributed by atoms with Crippen LogP contribution in [0.15, 0.2) is 18.2 Å². The van der Waals surface area contributed by atoms with Gasteiger partial charge in [-0.2, -0.15) is 0 Å². The van der Waals surface area contributed by atoms with Crippen LogP contribution in [0.2, 0.25) is 13.1 Å². The molecular weight excluding hydrogens is 269 g/mol. The van der Waals surface area contributed by atoms with Crippen molar-refractivity contribution in [1.29, 1.82) is 0 Å². The lowest BCUT2D eigenvalue weighted by atomic mass is 10.2. The third-order valence-corrected chi connectivity index (χ3v) is 6.69. The van der Waals surface area contributed by atoms with E-state index in [9.17, 15) is 9.18 Å². The van der Waals surface area contributed by atoms with E-state index in [-0.39, 0.29) is 11.7 Å². The van der Waals surface area contributed by atoms with Crippen LogP contribution in [0.5, 0.6) is 0 Å². The Kier molecular flexibility index (Phi) is 3.78. The van der Waals surface area contributed by atoms with Gasteiger partial charge >= 0.3 is 0 Å². The van der Waals surface area contributed by atoms with Crippen molar-refractivity contribution in [3.05, 3.63) is 29.6 Å². The summed E-state index contributed by atoms with van der Waals surface area (Å²) in [5.41, 5.74) is 0.675. The SMILES string of the molecule is C[Si]1(C)CN(CCCCl)C(=O)c2ccc(F)cc21. The summed E-state index contributed by atoms with van der Waals surface area (Å²) in [5.74, 6) is 0.320. The van der Waals surface area contributed by atoms with E-state index in [0.717, 1.165) is 17.8 Å². The van der Waals surface area contributed by atoms with Crippen LogP contribution in [0.25, 0.3) is 0 Å². The minimum absolute atomic E-state index is 0.0157. The summed E-state index contributed by atoms with van der Waals surface area (Å²) in [6.07, 6.45) is 1.55. The summed E-state index contributed by atoms with van der Waals surface area (Å²) < 4.78 is 13.3.